The third-order valence-corrected chi connectivity index (χ3v) is 3.14. The van der Waals surface area contributed by atoms with E-state index in [-0.39, 0.29) is 11.5 Å². The Morgan fingerprint density at radius 3 is 2.19 bits per heavy atom. The molecule has 5 heteroatoms. The Morgan fingerprint density at radius 2 is 1.71 bits per heavy atom. The van der Waals surface area contributed by atoms with E-state index in [4.69, 9.17) is 19.3 Å². The molecule has 1 aromatic rings. The van der Waals surface area contributed by atoms with E-state index >= 15 is 0 Å². The van der Waals surface area contributed by atoms with Gasteiger partial charge in [0, 0.05) is 0 Å². The molecule has 2 heterocycles. The topological polar surface area (TPSA) is 74.8 Å². The van der Waals surface area contributed by atoms with E-state index in [9.17, 15) is 5.11 Å². The van der Waals surface area contributed by atoms with Crippen LogP contribution in [0.1, 0.15) is 19.4 Å². The minimum absolute atomic E-state index is 0.0196. The molecule has 0 spiro atoms. The van der Waals surface area contributed by atoms with Crippen LogP contribution in [0, 0.1) is 5.92 Å². The molecule has 2 aliphatic heterocycles. The van der Waals surface area contributed by atoms with E-state index in [0.29, 0.717) is 18.1 Å². The summed E-state index contributed by atoms with van der Waals surface area (Å²) in [5.74, 6) is 0.469. The lowest BCUT2D eigenvalue weighted by molar-refractivity contribution is 0.102. The van der Waals surface area contributed by atoms with Gasteiger partial charge < -0.3 is 24.4 Å². The van der Waals surface area contributed by atoms with Crippen molar-refractivity contribution in [3.8, 4) is 11.5 Å². The Labute approximate surface area is 125 Å². The summed E-state index contributed by atoms with van der Waals surface area (Å²) in [4.78, 5) is 0. The molecule has 1 aromatic carbocycles. The molecular formula is C16H24O5. The van der Waals surface area contributed by atoms with Gasteiger partial charge in [0.1, 0.15) is 12.2 Å². The van der Waals surface area contributed by atoms with Crippen molar-refractivity contribution in [2.75, 3.05) is 26.4 Å². The summed E-state index contributed by atoms with van der Waals surface area (Å²) < 4.78 is 15.1. The zero-order chi connectivity index (χ0) is 15.2. The van der Waals surface area contributed by atoms with Gasteiger partial charge >= 0.3 is 0 Å². The highest BCUT2D eigenvalue weighted by Crippen LogP contribution is 2.29. The molecule has 2 fully saturated rings. The number of rotatable bonds is 6. The van der Waals surface area contributed by atoms with E-state index in [1.54, 1.807) is 6.07 Å². The van der Waals surface area contributed by atoms with Crippen molar-refractivity contribution in [3.05, 3.63) is 23.8 Å². The van der Waals surface area contributed by atoms with Crippen molar-refractivity contribution in [2.45, 2.75) is 32.5 Å². The van der Waals surface area contributed by atoms with Gasteiger partial charge in [-0.25, -0.2) is 0 Å². The maximum atomic E-state index is 9.40. The lowest BCUT2D eigenvalue weighted by atomic mass is 10.0. The molecule has 2 saturated heterocycles. The van der Waals surface area contributed by atoms with Gasteiger partial charge in [-0.3, -0.25) is 0 Å². The second-order valence-corrected chi connectivity index (χ2v) is 5.83. The summed E-state index contributed by atoms with van der Waals surface area (Å²) in [6.07, 6.45) is 1.58. The number of para-hydroxylation sites is 1. The van der Waals surface area contributed by atoms with Crippen molar-refractivity contribution >= 4 is 0 Å². The maximum absolute atomic E-state index is 9.40. The Kier molecular flexibility index (Phi) is 5.85. The van der Waals surface area contributed by atoms with Crippen molar-refractivity contribution in [1.82, 2.24) is 0 Å². The SMILES string of the molecule is C(OCC1CO1)C1CO1.CC(C)Cc1cccc(O)c1O. The van der Waals surface area contributed by atoms with Crippen LogP contribution >= 0.6 is 0 Å². The maximum Gasteiger partial charge on any atom is 0.160 e. The largest absolute Gasteiger partial charge is 0.504 e. The standard InChI is InChI=1S/C10H14O2.C6H10O3/c1-7(2)6-8-4-3-5-9(11)10(8)12;1(5-3-8-5)7-2-6-4-9-6/h3-5,7,11-12H,6H2,1-2H3;5-6H,1-4H2. The minimum Gasteiger partial charge on any atom is -0.504 e. The summed E-state index contributed by atoms with van der Waals surface area (Å²) in [5, 5.41) is 18.6. The number of phenols is 2. The number of benzene rings is 1. The van der Waals surface area contributed by atoms with Crippen molar-refractivity contribution in [2.24, 2.45) is 5.92 Å². The van der Waals surface area contributed by atoms with Crippen LogP contribution in [-0.4, -0.2) is 48.8 Å². The molecule has 0 aromatic heterocycles. The van der Waals surface area contributed by atoms with Crippen molar-refractivity contribution in [3.63, 3.8) is 0 Å². The van der Waals surface area contributed by atoms with E-state index in [1.807, 2.05) is 6.07 Å². The third-order valence-electron chi connectivity index (χ3n) is 3.14. The smallest absolute Gasteiger partial charge is 0.160 e. The second kappa shape index (κ2) is 7.64. The number of ether oxygens (including phenoxy) is 3. The number of hydrogen-bond donors (Lipinski definition) is 2. The van der Waals surface area contributed by atoms with Crippen LogP contribution in [0.15, 0.2) is 18.2 Å². The first kappa shape index (κ1) is 16.1. The Bertz CT molecular complexity index is 426. The summed E-state index contributed by atoms with van der Waals surface area (Å²) in [6.45, 7) is 7.41. The van der Waals surface area contributed by atoms with Gasteiger partial charge in [0.15, 0.2) is 11.5 Å². The van der Waals surface area contributed by atoms with E-state index in [0.717, 1.165) is 38.4 Å². The quantitative estimate of drug-likeness (QED) is 0.621. The van der Waals surface area contributed by atoms with Crippen LogP contribution in [0.4, 0.5) is 0 Å². The molecule has 0 saturated carbocycles. The van der Waals surface area contributed by atoms with Gasteiger partial charge in [0.05, 0.1) is 26.4 Å². The predicted molar refractivity (Wildman–Crippen MR) is 78.6 cm³/mol. The van der Waals surface area contributed by atoms with Gasteiger partial charge in [-0.15, -0.1) is 0 Å². The lowest BCUT2D eigenvalue weighted by Crippen LogP contribution is -2.06. The number of phenolic OH excluding ortho intramolecular Hbond substituents is 2. The molecule has 21 heavy (non-hydrogen) atoms. The van der Waals surface area contributed by atoms with Crippen LogP contribution in [-0.2, 0) is 20.6 Å². The van der Waals surface area contributed by atoms with Crippen LogP contribution in [0.5, 0.6) is 11.5 Å². The Balaban J connectivity index is 0.000000159. The molecule has 2 aliphatic rings. The van der Waals surface area contributed by atoms with E-state index in [1.165, 1.54) is 6.07 Å². The molecule has 0 aliphatic carbocycles. The minimum atomic E-state index is -0.0341. The third kappa shape index (κ3) is 6.33. The highest BCUT2D eigenvalue weighted by Gasteiger charge is 2.26. The van der Waals surface area contributed by atoms with Crippen LogP contribution in [0.2, 0.25) is 0 Å². The lowest BCUT2D eigenvalue weighted by Gasteiger charge is -2.07. The van der Waals surface area contributed by atoms with Gasteiger partial charge in [-0.2, -0.15) is 0 Å². The number of epoxide rings is 2. The molecule has 2 unspecified atom stereocenters. The Hall–Kier alpha value is -1.30. The van der Waals surface area contributed by atoms with Crippen molar-refractivity contribution < 1.29 is 24.4 Å². The molecule has 2 atom stereocenters. The zero-order valence-corrected chi connectivity index (χ0v) is 12.6. The molecule has 118 valence electrons. The average Bonchev–Trinajstić information content (AvgIpc) is 3.30. The number of hydrogen-bond acceptors (Lipinski definition) is 5. The first-order valence-electron chi connectivity index (χ1n) is 7.37. The van der Waals surface area contributed by atoms with Gasteiger partial charge in [-0.05, 0) is 24.0 Å². The van der Waals surface area contributed by atoms with Crippen LogP contribution < -0.4 is 0 Å². The van der Waals surface area contributed by atoms with Gasteiger partial charge in [0.2, 0.25) is 0 Å². The number of aromatic hydroxyl groups is 2. The second-order valence-electron chi connectivity index (χ2n) is 5.83. The highest BCUT2D eigenvalue weighted by atomic mass is 16.6. The predicted octanol–water partition coefficient (Wildman–Crippen LogP) is 2.10. The first-order chi connectivity index (χ1) is 10.1. The molecule has 0 amide bonds. The van der Waals surface area contributed by atoms with Crippen LogP contribution in [0.3, 0.4) is 0 Å². The van der Waals surface area contributed by atoms with E-state index in [2.05, 4.69) is 13.8 Å². The summed E-state index contributed by atoms with van der Waals surface area (Å²) in [7, 11) is 0. The molecule has 5 nitrogen and oxygen atoms in total. The van der Waals surface area contributed by atoms with Crippen LogP contribution in [0.25, 0.3) is 0 Å². The molecule has 0 bridgehead atoms. The summed E-state index contributed by atoms with van der Waals surface area (Å²) in [6, 6.07) is 5.06. The zero-order valence-electron chi connectivity index (χ0n) is 12.6. The highest BCUT2D eigenvalue weighted by molar-refractivity contribution is 5.44. The first-order valence-corrected chi connectivity index (χ1v) is 7.37. The monoisotopic (exact) mass is 296 g/mol. The summed E-state index contributed by atoms with van der Waals surface area (Å²) >= 11 is 0. The van der Waals surface area contributed by atoms with Gasteiger partial charge in [0.25, 0.3) is 0 Å². The fraction of sp³-hybridized carbons (Fsp3) is 0.625. The Morgan fingerprint density at radius 1 is 1.14 bits per heavy atom. The van der Waals surface area contributed by atoms with Gasteiger partial charge in [-0.1, -0.05) is 26.0 Å². The summed E-state index contributed by atoms with van der Waals surface area (Å²) in [5.41, 5.74) is 0.810. The fourth-order valence-electron chi connectivity index (χ4n) is 1.84. The molecule has 2 N–H and O–H groups in total. The van der Waals surface area contributed by atoms with Crippen molar-refractivity contribution in [1.29, 1.82) is 0 Å². The molecule has 0 radical (unpaired) electrons. The average molecular weight is 296 g/mol. The normalized spacial score (nSPS) is 22.6. The van der Waals surface area contributed by atoms with E-state index < -0.39 is 0 Å². The fourth-order valence-corrected chi connectivity index (χ4v) is 1.84. The molecular weight excluding hydrogens is 272 g/mol. The molecule has 3 rings (SSSR count).